The Kier molecular flexibility index (Phi) is 3.70. The summed E-state index contributed by atoms with van der Waals surface area (Å²) < 4.78 is 0. The van der Waals surface area contributed by atoms with Crippen molar-refractivity contribution in [2.24, 2.45) is 10.9 Å². The van der Waals surface area contributed by atoms with E-state index < -0.39 is 4.92 Å². The zero-order valence-corrected chi connectivity index (χ0v) is 13.1. The van der Waals surface area contributed by atoms with Crippen LogP contribution in [0, 0.1) is 16.0 Å². The normalized spacial score (nSPS) is 18.2. The molecule has 1 heterocycles. The average Bonchev–Trinajstić information content (AvgIpc) is 2.40. The number of hydrogen-bond donors (Lipinski definition) is 0. The first-order valence-corrected chi connectivity index (χ1v) is 7.11. The Morgan fingerprint density at radius 1 is 1.33 bits per heavy atom. The van der Waals surface area contributed by atoms with Gasteiger partial charge in [-0.2, -0.15) is 0 Å². The highest BCUT2D eigenvalue weighted by molar-refractivity contribution is 6.18. The molecule has 21 heavy (non-hydrogen) atoms. The summed E-state index contributed by atoms with van der Waals surface area (Å²) in [5.41, 5.74) is 1.73. The number of ketones is 1. The lowest BCUT2D eigenvalue weighted by atomic mass is 9.82. The van der Waals surface area contributed by atoms with Crippen LogP contribution >= 0.6 is 0 Å². The van der Waals surface area contributed by atoms with Crippen molar-refractivity contribution < 1.29 is 9.72 Å². The van der Waals surface area contributed by atoms with Crippen LogP contribution in [0.5, 0.6) is 0 Å². The number of rotatable bonds is 2. The van der Waals surface area contributed by atoms with Crippen LogP contribution in [-0.4, -0.2) is 16.4 Å². The molecule has 1 atom stereocenters. The van der Waals surface area contributed by atoms with Crippen LogP contribution in [-0.2, 0) is 5.41 Å². The number of nitrogens with zero attached hydrogens (tertiary/aromatic N) is 2. The van der Waals surface area contributed by atoms with Gasteiger partial charge in [0.15, 0.2) is 11.5 Å². The van der Waals surface area contributed by atoms with Gasteiger partial charge in [0.05, 0.1) is 16.4 Å². The third-order valence-electron chi connectivity index (χ3n) is 3.93. The highest BCUT2D eigenvalue weighted by Crippen LogP contribution is 2.40. The van der Waals surface area contributed by atoms with Crippen molar-refractivity contribution in [1.82, 2.24) is 0 Å². The topological polar surface area (TPSA) is 72.6 Å². The molecule has 2 rings (SSSR count). The van der Waals surface area contributed by atoms with E-state index in [2.05, 4.69) is 4.99 Å². The molecule has 5 nitrogen and oxygen atoms in total. The number of carbonyl (C=O) groups is 1. The highest BCUT2D eigenvalue weighted by Gasteiger charge is 2.33. The Labute approximate surface area is 124 Å². The smallest absolute Gasteiger partial charge is 0.293 e. The quantitative estimate of drug-likeness (QED) is 0.604. The lowest BCUT2D eigenvalue weighted by molar-refractivity contribution is -0.384. The number of Topliss-reactive ketones (excluding diaryl/α,β-unsaturated/α-hetero) is 1. The van der Waals surface area contributed by atoms with Crippen LogP contribution in [0.4, 0.5) is 11.4 Å². The number of fused-ring (bicyclic) bond motifs is 1. The molecule has 1 aliphatic heterocycles. The molecular weight excluding hydrogens is 268 g/mol. The molecule has 0 aliphatic carbocycles. The van der Waals surface area contributed by atoms with Crippen molar-refractivity contribution in [3.63, 3.8) is 0 Å². The fourth-order valence-corrected chi connectivity index (χ4v) is 2.51. The van der Waals surface area contributed by atoms with Gasteiger partial charge in [-0.05, 0) is 30.4 Å². The predicted octanol–water partition coefficient (Wildman–Crippen LogP) is 4.21. The minimum absolute atomic E-state index is 0.0777. The monoisotopic (exact) mass is 288 g/mol. The lowest BCUT2D eigenvalue weighted by Crippen LogP contribution is -2.25. The summed E-state index contributed by atoms with van der Waals surface area (Å²) in [7, 11) is 0. The highest BCUT2D eigenvalue weighted by atomic mass is 16.6. The zero-order chi connectivity index (χ0) is 15.9. The van der Waals surface area contributed by atoms with Crippen LogP contribution in [0.1, 0.15) is 57.0 Å². The lowest BCUT2D eigenvalue weighted by Gasteiger charge is -2.24. The number of nitro groups is 1. The van der Waals surface area contributed by atoms with E-state index in [1.807, 2.05) is 34.6 Å². The Bertz CT molecular complexity index is 654. The van der Waals surface area contributed by atoms with Gasteiger partial charge >= 0.3 is 0 Å². The first-order chi connectivity index (χ1) is 9.66. The molecule has 0 saturated heterocycles. The van der Waals surface area contributed by atoms with Gasteiger partial charge in [-0.25, -0.2) is 4.99 Å². The Morgan fingerprint density at radius 3 is 2.43 bits per heavy atom. The van der Waals surface area contributed by atoms with E-state index in [1.165, 1.54) is 0 Å². The molecule has 0 N–H and O–H groups in total. The van der Waals surface area contributed by atoms with E-state index in [0.29, 0.717) is 17.7 Å². The number of benzene rings is 1. The predicted molar refractivity (Wildman–Crippen MR) is 82.7 cm³/mol. The van der Waals surface area contributed by atoms with E-state index in [0.717, 1.165) is 5.56 Å². The van der Waals surface area contributed by atoms with Crippen LogP contribution in [0.15, 0.2) is 17.1 Å². The van der Waals surface area contributed by atoms with Gasteiger partial charge in [0.2, 0.25) is 0 Å². The molecule has 1 unspecified atom stereocenters. The summed E-state index contributed by atoms with van der Waals surface area (Å²) >= 11 is 0. The maximum absolute atomic E-state index is 12.5. The van der Waals surface area contributed by atoms with Crippen LogP contribution in [0.25, 0.3) is 0 Å². The van der Waals surface area contributed by atoms with E-state index in [4.69, 9.17) is 0 Å². The van der Waals surface area contributed by atoms with Crippen molar-refractivity contribution >= 4 is 22.9 Å². The van der Waals surface area contributed by atoms with Gasteiger partial charge < -0.3 is 0 Å². The summed E-state index contributed by atoms with van der Waals surface area (Å²) in [6.07, 6.45) is 0.616. The Hall–Kier alpha value is -2.04. The van der Waals surface area contributed by atoms with Gasteiger partial charge in [-0.3, -0.25) is 14.9 Å². The zero-order valence-electron chi connectivity index (χ0n) is 13.1. The molecule has 0 saturated carbocycles. The van der Waals surface area contributed by atoms with Crippen LogP contribution < -0.4 is 0 Å². The number of aliphatic imine (C=N–C) groups is 1. The van der Waals surface area contributed by atoms with Crippen LogP contribution in [0.3, 0.4) is 0 Å². The summed E-state index contributed by atoms with van der Waals surface area (Å²) in [6.45, 7) is 9.62. The first-order valence-electron chi connectivity index (χ1n) is 7.11. The van der Waals surface area contributed by atoms with Crippen molar-refractivity contribution in [2.75, 3.05) is 0 Å². The van der Waals surface area contributed by atoms with Crippen molar-refractivity contribution in [1.29, 1.82) is 0 Å². The molecule has 1 aliphatic rings. The Balaban J connectivity index is 2.79. The summed E-state index contributed by atoms with van der Waals surface area (Å²) in [6, 6.07) is 3.30. The minimum Gasteiger partial charge on any atom is -0.293 e. The fraction of sp³-hybridized carbons (Fsp3) is 0.500. The van der Waals surface area contributed by atoms with Gasteiger partial charge in [0.25, 0.3) is 5.69 Å². The van der Waals surface area contributed by atoms with E-state index in [1.54, 1.807) is 12.1 Å². The molecule has 0 radical (unpaired) electrons. The maximum atomic E-state index is 12.5. The average molecular weight is 288 g/mol. The molecule has 0 spiro atoms. The second kappa shape index (κ2) is 5.06. The third-order valence-corrected chi connectivity index (χ3v) is 3.93. The molecule has 1 aromatic carbocycles. The van der Waals surface area contributed by atoms with Gasteiger partial charge in [0.1, 0.15) is 0 Å². The SMILES string of the molecule is CCC1=Nc2c(cc(C(C)(C)C)cc2[N+](=O)[O-])C(=O)C1C. The molecular formula is C16H20N2O3. The van der Waals surface area contributed by atoms with E-state index in [-0.39, 0.29) is 28.5 Å². The molecule has 112 valence electrons. The van der Waals surface area contributed by atoms with Crippen molar-refractivity contribution in [2.45, 2.75) is 46.5 Å². The van der Waals surface area contributed by atoms with Crippen molar-refractivity contribution in [3.8, 4) is 0 Å². The second-order valence-corrected chi connectivity index (χ2v) is 6.44. The Morgan fingerprint density at radius 2 is 1.95 bits per heavy atom. The standard InChI is InChI=1S/C16H20N2O3/c1-6-12-9(2)15(19)11-7-10(16(3,4)5)8-13(18(20)21)14(11)17-12/h7-9H,6H2,1-5H3. The summed E-state index contributed by atoms with van der Waals surface area (Å²) in [4.78, 5) is 27.8. The fourth-order valence-electron chi connectivity index (χ4n) is 2.51. The molecule has 1 aromatic rings. The van der Waals surface area contributed by atoms with E-state index in [9.17, 15) is 14.9 Å². The molecule has 0 aromatic heterocycles. The third kappa shape index (κ3) is 2.60. The first kappa shape index (κ1) is 15.4. The molecule has 0 bridgehead atoms. The van der Waals surface area contributed by atoms with Crippen molar-refractivity contribution in [3.05, 3.63) is 33.4 Å². The molecule has 0 fully saturated rings. The van der Waals surface area contributed by atoms with Gasteiger partial charge in [0, 0.05) is 11.8 Å². The molecule has 5 heteroatoms. The number of nitro benzene ring substituents is 1. The van der Waals surface area contributed by atoms with E-state index >= 15 is 0 Å². The van der Waals surface area contributed by atoms with Gasteiger partial charge in [-0.1, -0.05) is 27.7 Å². The number of carbonyl (C=O) groups excluding carboxylic acids is 1. The number of hydrogen-bond acceptors (Lipinski definition) is 4. The summed E-state index contributed by atoms with van der Waals surface area (Å²) in [5, 5.41) is 11.4. The largest absolute Gasteiger partial charge is 0.295 e. The summed E-state index contributed by atoms with van der Waals surface area (Å²) in [5.74, 6) is -0.386. The van der Waals surface area contributed by atoms with Gasteiger partial charge in [-0.15, -0.1) is 0 Å². The second-order valence-electron chi connectivity index (χ2n) is 6.44. The van der Waals surface area contributed by atoms with Crippen LogP contribution in [0.2, 0.25) is 0 Å². The minimum atomic E-state index is -0.450. The maximum Gasteiger partial charge on any atom is 0.295 e. The molecule has 0 amide bonds.